The van der Waals surface area contributed by atoms with Crippen LogP contribution in [0, 0.1) is 0 Å². The van der Waals surface area contributed by atoms with Gasteiger partial charge in [-0.25, -0.2) is 9.97 Å². The van der Waals surface area contributed by atoms with Gasteiger partial charge in [0, 0.05) is 25.1 Å². The van der Waals surface area contributed by atoms with Gasteiger partial charge in [-0.15, -0.1) is 0 Å². The first kappa shape index (κ1) is 9.72. The van der Waals surface area contributed by atoms with Gasteiger partial charge >= 0.3 is 0 Å². The highest BCUT2D eigenvalue weighted by Gasteiger charge is 2.21. The molecule has 16 heavy (non-hydrogen) atoms. The standard InChI is InChI=1S/C11H9BrN4/c12-9-4-14-11(15-5-9)16-6-8-2-1-3-13-10(8)7-16/h1-5H,6-7H2. The summed E-state index contributed by atoms with van der Waals surface area (Å²) in [5, 5.41) is 0. The van der Waals surface area contributed by atoms with Crippen molar-refractivity contribution in [3.63, 3.8) is 0 Å². The summed E-state index contributed by atoms with van der Waals surface area (Å²) >= 11 is 3.33. The Bertz CT molecular complexity index is 487. The first-order valence-corrected chi connectivity index (χ1v) is 5.77. The van der Waals surface area contributed by atoms with Crippen LogP contribution in [0.2, 0.25) is 0 Å². The van der Waals surface area contributed by atoms with Gasteiger partial charge in [-0.2, -0.15) is 0 Å². The lowest BCUT2D eigenvalue weighted by atomic mass is 10.2. The number of pyridine rings is 1. The number of fused-ring (bicyclic) bond motifs is 1. The molecular formula is C11H9BrN4. The van der Waals surface area contributed by atoms with Crippen LogP contribution in [0.5, 0.6) is 0 Å². The monoisotopic (exact) mass is 276 g/mol. The minimum atomic E-state index is 0.751. The van der Waals surface area contributed by atoms with E-state index in [1.54, 1.807) is 12.4 Å². The van der Waals surface area contributed by atoms with Gasteiger partial charge < -0.3 is 4.90 Å². The van der Waals surface area contributed by atoms with Crippen molar-refractivity contribution >= 4 is 21.9 Å². The highest BCUT2D eigenvalue weighted by Crippen LogP contribution is 2.24. The fraction of sp³-hybridized carbons (Fsp3) is 0.182. The van der Waals surface area contributed by atoms with Crippen molar-refractivity contribution in [1.82, 2.24) is 15.0 Å². The number of hydrogen-bond donors (Lipinski definition) is 0. The molecule has 0 atom stereocenters. The third-order valence-electron chi connectivity index (χ3n) is 2.58. The second-order valence-electron chi connectivity index (χ2n) is 3.67. The number of hydrogen-bond acceptors (Lipinski definition) is 4. The highest BCUT2D eigenvalue weighted by molar-refractivity contribution is 9.10. The predicted octanol–water partition coefficient (Wildman–Crippen LogP) is 2.15. The first-order valence-electron chi connectivity index (χ1n) is 4.98. The molecule has 5 heteroatoms. The quantitative estimate of drug-likeness (QED) is 0.801. The fourth-order valence-electron chi connectivity index (χ4n) is 1.81. The Morgan fingerprint density at radius 3 is 2.69 bits per heavy atom. The summed E-state index contributed by atoms with van der Waals surface area (Å²) in [5.41, 5.74) is 2.38. The zero-order chi connectivity index (χ0) is 11.0. The van der Waals surface area contributed by atoms with Crippen molar-refractivity contribution in [1.29, 1.82) is 0 Å². The average molecular weight is 277 g/mol. The molecule has 3 rings (SSSR count). The Labute approximate surface area is 101 Å². The molecule has 3 heterocycles. The van der Waals surface area contributed by atoms with Crippen LogP contribution in [0.15, 0.2) is 35.2 Å². The molecule has 0 spiro atoms. The lowest BCUT2D eigenvalue weighted by Gasteiger charge is -2.13. The Balaban J connectivity index is 1.88. The van der Waals surface area contributed by atoms with Crippen LogP contribution >= 0.6 is 15.9 Å². The topological polar surface area (TPSA) is 41.9 Å². The average Bonchev–Trinajstić information content (AvgIpc) is 2.73. The van der Waals surface area contributed by atoms with E-state index in [4.69, 9.17) is 0 Å². The number of halogens is 1. The van der Waals surface area contributed by atoms with Crippen LogP contribution in [0.1, 0.15) is 11.3 Å². The van der Waals surface area contributed by atoms with E-state index in [0.717, 1.165) is 29.2 Å². The molecule has 0 N–H and O–H groups in total. The summed E-state index contributed by atoms with van der Waals surface area (Å²) in [5.74, 6) is 0.751. The first-order chi connectivity index (χ1) is 7.83. The molecule has 1 aliphatic rings. The molecule has 0 bridgehead atoms. The van der Waals surface area contributed by atoms with Gasteiger partial charge in [0.2, 0.25) is 5.95 Å². The fourth-order valence-corrected chi connectivity index (χ4v) is 2.01. The summed E-state index contributed by atoms with van der Waals surface area (Å²) in [4.78, 5) is 15.0. The maximum atomic E-state index is 4.35. The Morgan fingerprint density at radius 2 is 1.94 bits per heavy atom. The van der Waals surface area contributed by atoms with Gasteiger partial charge in [-0.1, -0.05) is 6.07 Å². The van der Waals surface area contributed by atoms with Crippen LogP contribution in [0.3, 0.4) is 0 Å². The van der Waals surface area contributed by atoms with E-state index in [2.05, 4.69) is 41.8 Å². The maximum Gasteiger partial charge on any atom is 0.225 e. The molecule has 4 nitrogen and oxygen atoms in total. The van der Waals surface area contributed by atoms with Gasteiger partial charge in [0.05, 0.1) is 16.7 Å². The number of nitrogens with zero attached hydrogens (tertiary/aromatic N) is 4. The third-order valence-corrected chi connectivity index (χ3v) is 2.99. The maximum absolute atomic E-state index is 4.35. The number of rotatable bonds is 1. The van der Waals surface area contributed by atoms with Crippen molar-refractivity contribution in [3.8, 4) is 0 Å². The molecule has 0 aliphatic carbocycles. The molecular weight excluding hydrogens is 268 g/mol. The largest absolute Gasteiger partial charge is 0.331 e. The molecule has 0 saturated heterocycles. The lowest BCUT2D eigenvalue weighted by molar-refractivity contribution is 0.820. The van der Waals surface area contributed by atoms with Gasteiger partial charge in [-0.05, 0) is 27.6 Å². The van der Waals surface area contributed by atoms with Crippen molar-refractivity contribution in [3.05, 3.63) is 46.5 Å². The van der Waals surface area contributed by atoms with Crippen molar-refractivity contribution in [2.45, 2.75) is 13.1 Å². The zero-order valence-electron chi connectivity index (χ0n) is 8.47. The summed E-state index contributed by atoms with van der Waals surface area (Å²) in [6.07, 6.45) is 5.35. The lowest BCUT2D eigenvalue weighted by Crippen LogP contribution is -2.17. The summed E-state index contributed by atoms with van der Waals surface area (Å²) in [6, 6.07) is 4.06. The minimum Gasteiger partial charge on any atom is -0.331 e. The van der Waals surface area contributed by atoms with Gasteiger partial charge in [-0.3, -0.25) is 4.98 Å². The second-order valence-corrected chi connectivity index (χ2v) is 4.58. The normalized spacial score (nSPS) is 13.9. The molecule has 0 fully saturated rings. The summed E-state index contributed by atoms with van der Waals surface area (Å²) < 4.78 is 0.895. The molecule has 0 unspecified atom stereocenters. The Kier molecular flexibility index (Phi) is 2.32. The van der Waals surface area contributed by atoms with Gasteiger partial charge in [0.25, 0.3) is 0 Å². The van der Waals surface area contributed by atoms with E-state index in [9.17, 15) is 0 Å². The predicted molar refractivity (Wildman–Crippen MR) is 63.9 cm³/mol. The van der Waals surface area contributed by atoms with E-state index in [1.807, 2.05) is 12.3 Å². The van der Waals surface area contributed by atoms with Crippen molar-refractivity contribution < 1.29 is 0 Å². The molecule has 0 aromatic carbocycles. The third kappa shape index (κ3) is 1.67. The summed E-state index contributed by atoms with van der Waals surface area (Å²) in [7, 11) is 0. The summed E-state index contributed by atoms with van der Waals surface area (Å²) in [6.45, 7) is 1.63. The molecule has 0 radical (unpaired) electrons. The van der Waals surface area contributed by atoms with E-state index in [0.29, 0.717) is 0 Å². The van der Waals surface area contributed by atoms with Crippen LogP contribution in [-0.2, 0) is 13.1 Å². The second kappa shape index (κ2) is 3.83. The van der Waals surface area contributed by atoms with Crippen LogP contribution in [-0.4, -0.2) is 15.0 Å². The van der Waals surface area contributed by atoms with E-state index < -0.39 is 0 Å². The minimum absolute atomic E-state index is 0.751. The molecule has 0 amide bonds. The van der Waals surface area contributed by atoms with Crippen molar-refractivity contribution in [2.24, 2.45) is 0 Å². The van der Waals surface area contributed by atoms with Crippen LogP contribution < -0.4 is 4.90 Å². The Morgan fingerprint density at radius 1 is 1.12 bits per heavy atom. The SMILES string of the molecule is Brc1cnc(N2Cc3cccnc3C2)nc1. The zero-order valence-corrected chi connectivity index (χ0v) is 10.1. The van der Waals surface area contributed by atoms with E-state index >= 15 is 0 Å². The molecule has 0 saturated carbocycles. The number of aromatic nitrogens is 3. The van der Waals surface area contributed by atoms with Crippen molar-refractivity contribution in [2.75, 3.05) is 4.90 Å². The Hall–Kier alpha value is -1.49. The smallest absolute Gasteiger partial charge is 0.225 e. The van der Waals surface area contributed by atoms with Crippen LogP contribution in [0.4, 0.5) is 5.95 Å². The molecule has 1 aliphatic heterocycles. The molecule has 2 aromatic heterocycles. The molecule has 2 aromatic rings. The van der Waals surface area contributed by atoms with Gasteiger partial charge in [0.1, 0.15) is 0 Å². The van der Waals surface area contributed by atoms with Crippen LogP contribution in [0.25, 0.3) is 0 Å². The number of anilines is 1. The van der Waals surface area contributed by atoms with E-state index in [-0.39, 0.29) is 0 Å². The van der Waals surface area contributed by atoms with E-state index in [1.165, 1.54) is 5.56 Å². The highest BCUT2D eigenvalue weighted by atomic mass is 79.9. The molecule has 80 valence electrons. The van der Waals surface area contributed by atoms with Gasteiger partial charge in [0.15, 0.2) is 0 Å².